The van der Waals surface area contributed by atoms with Crippen molar-refractivity contribution in [2.75, 3.05) is 36.0 Å². The molecule has 0 radical (unpaired) electrons. The Hall–Kier alpha value is -2.68. The molecular formula is C21H26N6. The summed E-state index contributed by atoms with van der Waals surface area (Å²) in [5.41, 5.74) is 1.77. The van der Waals surface area contributed by atoms with Gasteiger partial charge in [-0.25, -0.2) is 15.0 Å². The molecule has 6 heteroatoms. The highest BCUT2D eigenvalue weighted by molar-refractivity contribution is 5.55. The molecule has 0 unspecified atom stereocenters. The molecule has 27 heavy (non-hydrogen) atoms. The zero-order valence-electron chi connectivity index (χ0n) is 16.3. The minimum absolute atomic E-state index is 0.0127. The molecular weight excluding hydrogens is 336 g/mol. The maximum Gasteiger partial charge on any atom is 0.146 e. The lowest BCUT2D eigenvalue weighted by Gasteiger charge is -2.36. The highest BCUT2D eigenvalue weighted by atomic mass is 15.3. The van der Waals surface area contributed by atoms with Crippen LogP contribution in [-0.2, 0) is 5.41 Å². The van der Waals surface area contributed by atoms with E-state index in [1.807, 2.05) is 12.1 Å². The van der Waals surface area contributed by atoms with E-state index in [1.54, 1.807) is 6.20 Å². The van der Waals surface area contributed by atoms with Crippen LogP contribution in [0.5, 0.6) is 0 Å². The summed E-state index contributed by atoms with van der Waals surface area (Å²) in [4.78, 5) is 18.7. The van der Waals surface area contributed by atoms with Crippen molar-refractivity contribution in [3.8, 4) is 6.07 Å². The lowest BCUT2D eigenvalue weighted by atomic mass is 9.91. The number of anilines is 2. The van der Waals surface area contributed by atoms with E-state index in [-0.39, 0.29) is 5.41 Å². The summed E-state index contributed by atoms with van der Waals surface area (Å²) in [6, 6.07) is 8.05. The van der Waals surface area contributed by atoms with Gasteiger partial charge in [-0.15, -0.1) is 0 Å². The highest BCUT2D eigenvalue weighted by Crippen LogP contribution is 2.39. The Kier molecular flexibility index (Phi) is 4.47. The Bertz CT molecular complexity index is 867. The van der Waals surface area contributed by atoms with E-state index in [0.29, 0.717) is 11.5 Å². The maximum atomic E-state index is 9.33. The number of nitriles is 1. The molecule has 0 atom stereocenters. The predicted molar refractivity (Wildman–Crippen MR) is 106 cm³/mol. The van der Waals surface area contributed by atoms with Crippen molar-refractivity contribution in [2.45, 2.75) is 44.9 Å². The third-order valence-electron chi connectivity index (χ3n) is 5.25. The fourth-order valence-electron chi connectivity index (χ4n) is 3.41. The normalized spacial score (nSPS) is 17.7. The zero-order chi connectivity index (χ0) is 19.0. The van der Waals surface area contributed by atoms with E-state index in [9.17, 15) is 5.26 Å². The lowest BCUT2D eigenvalue weighted by Crippen LogP contribution is -2.47. The van der Waals surface area contributed by atoms with Gasteiger partial charge in [0.15, 0.2) is 0 Å². The number of nitrogens with zero attached hydrogens (tertiary/aromatic N) is 6. The third-order valence-corrected chi connectivity index (χ3v) is 5.25. The van der Waals surface area contributed by atoms with E-state index in [1.165, 1.54) is 12.8 Å². The van der Waals surface area contributed by atoms with Gasteiger partial charge >= 0.3 is 0 Å². The number of pyridine rings is 1. The molecule has 1 saturated heterocycles. The molecule has 0 spiro atoms. The second-order valence-corrected chi connectivity index (χ2v) is 8.45. The predicted octanol–water partition coefficient (Wildman–Crippen LogP) is 3.24. The van der Waals surface area contributed by atoms with Crippen LogP contribution in [0.2, 0.25) is 0 Å². The van der Waals surface area contributed by atoms with Crippen LogP contribution in [0, 0.1) is 11.3 Å². The molecule has 140 valence electrons. The molecule has 2 fully saturated rings. The van der Waals surface area contributed by atoms with E-state index in [4.69, 9.17) is 9.97 Å². The van der Waals surface area contributed by atoms with Crippen LogP contribution in [-0.4, -0.2) is 41.1 Å². The van der Waals surface area contributed by atoms with Gasteiger partial charge in [0.05, 0.1) is 11.3 Å². The van der Waals surface area contributed by atoms with Crippen LogP contribution in [0.3, 0.4) is 0 Å². The number of piperazine rings is 1. The first-order valence-corrected chi connectivity index (χ1v) is 9.70. The van der Waals surface area contributed by atoms with Gasteiger partial charge in [0.1, 0.15) is 23.5 Å². The summed E-state index contributed by atoms with van der Waals surface area (Å²) in [7, 11) is 0. The quantitative estimate of drug-likeness (QED) is 0.835. The lowest BCUT2D eigenvalue weighted by molar-refractivity contribution is 0.559. The van der Waals surface area contributed by atoms with E-state index < -0.39 is 0 Å². The zero-order valence-corrected chi connectivity index (χ0v) is 16.3. The van der Waals surface area contributed by atoms with Gasteiger partial charge in [-0.05, 0) is 25.0 Å². The van der Waals surface area contributed by atoms with Crippen LogP contribution in [0.4, 0.5) is 11.6 Å². The van der Waals surface area contributed by atoms with Gasteiger partial charge in [0, 0.05) is 49.8 Å². The molecule has 2 aliphatic rings. The first-order valence-electron chi connectivity index (χ1n) is 9.70. The van der Waals surface area contributed by atoms with Gasteiger partial charge in [-0.1, -0.05) is 20.8 Å². The molecule has 1 saturated carbocycles. The van der Waals surface area contributed by atoms with Crippen LogP contribution in [0.1, 0.15) is 56.6 Å². The Labute approximate surface area is 160 Å². The van der Waals surface area contributed by atoms with Gasteiger partial charge in [-0.2, -0.15) is 5.26 Å². The molecule has 2 aromatic rings. The molecule has 0 bridgehead atoms. The van der Waals surface area contributed by atoms with Gasteiger partial charge in [0.25, 0.3) is 0 Å². The van der Waals surface area contributed by atoms with E-state index in [2.05, 4.69) is 47.7 Å². The van der Waals surface area contributed by atoms with Crippen molar-refractivity contribution in [3.05, 3.63) is 41.5 Å². The van der Waals surface area contributed by atoms with Crippen molar-refractivity contribution in [1.29, 1.82) is 5.26 Å². The average molecular weight is 362 g/mol. The Morgan fingerprint density at radius 2 is 1.78 bits per heavy atom. The molecule has 0 aromatic carbocycles. The number of aromatic nitrogens is 3. The molecule has 3 heterocycles. The molecule has 6 nitrogen and oxygen atoms in total. The van der Waals surface area contributed by atoms with Gasteiger partial charge < -0.3 is 9.80 Å². The summed E-state index contributed by atoms with van der Waals surface area (Å²) in [5.74, 6) is 3.38. The summed E-state index contributed by atoms with van der Waals surface area (Å²) in [6.45, 7) is 10.0. The monoisotopic (exact) mass is 362 g/mol. The fourth-order valence-corrected chi connectivity index (χ4v) is 3.41. The maximum absolute atomic E-state index is 9.33. The Balaban J connectivity index is 1.54. The number of hydrogen-bond acceptors (Lipinski definition) is 6. The van der Waals surface area contributed by atoms with Crippen LogP contribution < -0.4 is 9.80 Å². The second kappa shape index (κ2) is 6.80. The smallest absolute Gasteiger partial charge is 0.146 e. The minimum atomic E-state index is 0.0127. The van der Waals surface area contributed by atoms with Crippen molar-refractivity contribution in [3.63, 3.8) is 0 Å². The number of hydrogen-bond donors (Lipinski definition) is 0. The largest absolute Gasteiger partial charge is 0.353 e. The average Bonchev–Trinajstić information content (AvgIpc) is 3.52. The second-order valence-electron chi connectivity index (χ2n) is 8.45. The summed E-state index contributed by atoms with van der Waals surface area (Å²) in [6.07, 6.45) is 4.17. The van der Waals surface area contributed by atoms with Gasteiger partial charge in [0.2, 0.25) is 0 Å². The van der Waals surface area contributed by atoms with Crippen molar-refractivity contribution >= 4 is 11.6 Å². The van der Waals surface area contributed by atoms with Crippen molar-refractivity contribution in [1.82, 2.24) is 15.0 Å². The molecule has 4 rings (SSSR count). The van der Waals surface area contributed by atoms with Crippen molar-refractivity contribution in [2.24, 2.45) is 0 Å². The first kappa shape index (κ1) is 17.7. The van der Waals surface area contributed by atoms with Gasteiger partial charge in [-0.3, -0.25) is 0 Å². The van der Waals surface area contributed by atoms with Crippen LogP contribution in [0.15, 0.2) is 24.4 Å². The summed E-state index contributed by atoms with van der Waals surface area (Å²) in [5, 5.41) is 9.33. The molecule has 1 aliphatic carbocycles. The molecule has 1 aliphatic heterocycles. The fraction of sp³-hybridized carbons (Fsp3) is 0.524. The third kappa shape index (κ3) is 3.73. The van der Waals surface area contributed by atoms with E-state index >= 15 is 0 Å². The SMILES string of the molecule is CC(C)(C)c1cc(N2CCN(c3ncccc3C#N)CC2)nc(C2CC2)n1. The highest BCUT2D eigenvalue weighted by Gasteiger charge is 2.30. The standard InChI is InChI=1S/C21H26N6/c1-21(2,3)17-13-18(25-19(24-17)15-6-7-15)26-9-11-27(12-10-26)20-16(14-22)5-4-8-23-20/h4-5,8,13,15H,6-7,9-12H2,1-3H3. The Morgan fingerprint density at radius 1 is 1.07 bits per heavy atom. The summed E-state index contributed by atoms with van der Waals surface area (Å²) >= 11 is 0. The molecule has 0 amide bonds. The molecule has 0 N–H and O–H groups in total. The number of rotatable bonds is 3. The topological polar surface area (TPSA) is 68.9 Å². The summed E-state index contributed by atoms with van der Waals surface area (Å²) < 4.78 is 0. The van der Waals surface area contributed by atoms with Crippen LogP contribution >= 0.6 is 0 Å². The van der Waals surface area contributed by atoms with E-state index in [0.717, 1.165) is 49.3 Å². The minimum Gasteiger partial charge on any atom is -0.353 e. The molecule has 2 aromatic heterocycles. The first-order chi connectivity index (χ1) is 13.0. The van der Waals surface area contributed by atoms with Crippen molar-refractivity contribution < 1.29 is 0 Å². The van der Waals surface area contributed by atoms with Crippen LogP contribution in [0.25, 0.3) is 0 Å². The Morgan fingerprint density at radius 3 is 2.41 bits per heavy atom.